The maximum Gasteiger partial charge on any atom is 0.112 e. The number of aliphatic hydroxyl groups is 1. The summed E-state index contributed by atoms with van der Waals surface area (Å²) >= 11 is 3.40. The van der Waals surface area contributed by atoms with Gasteiger partial charge in [0.2, 0.25) is 0 Å². The van der Waals surface area contributed by atoms with Crippen molar-refractivity contribution < 1.29 is 5.11 Å². The third kappa shape index (κ3) is 2.39. The predicted molar refractivity (Wildman–Crippen MR) is 85.8 cm³/mol. The topological polar surface area (TPSA) is 44.0 Å². The van der Waals surface area contributed by atoms with Gasteiger partial charge in [-0.2, -0.15) is 5.26 Å². The van der Waals surface area contributed by atoms with Crippen molar-refractivity contribution in [2.24, 2.45) is 0 Å². The van der Waals surface area contributed by atoms with E-state index in [1.54, 1.807) is 0 Å². The summed E-state index contributed by atoms with van der Waals surface area (Å²) in [4.78, 5) is 0. The predicted octanol–water partition coefficient (Wildman–Crippen LogP) is 4.28. The molecule has 0 aromatic heterocycles. The van der Waals surface area contributed by atoms with Gasteiger partial charge in [-0.15, -0.1) is 0 Å². The summed E-state index contributed by atoms with van der Waals surface area (Å²) in [6.07, 6.45) is 1.79. The number of aryl methyl sites for hydroxylation is 1. The Morgan fingerprint density at radius 2 is 1.86 bits per heavy atom. The lowest BCUT2D eigenvalue weighted by atomic mass is 9.66. The van der Waals surface area contributed by atoms with Crippen LogP contribution in [-0.4, -0.2) is 5.11 Å². The third-order valence-corrected chi connectivity index (χ3v) is 4.90. The van der Waals surface area contributed by atoms with E-state index in [9.17, 15) is 10.4 Å². The Balaban J connectivity index is 2.10. The molecule has 0 saturated carbocycles. The largest absolute Gasteiger partial charge is 0.386 e. The Kier molecular flexibility index (Phi) is 3.84. The SMILES string of the molecule is N#CC1(C(O)c2ccc(Br)cc2)CCCc2ccccc21. The van der Waals surface area contributed by atoms with Crippen LogP contribution in [0.5, 0.6) is 0 Å². The first kappa shape index (κ1) is 14.3. The summed E-state index contributed by atoms with van der Waals surface area (Å²) in [7, 11) is 0. The van der Waals surface area contributed by atoms with Crippen molar-refractivity contribution in [3.8, 4) is 6.07 Å². The second-order valence-corrected chi connectivity index (χ2v) is 6.46. The van der Waals surface area contributed by atoms with Crippen LogP contribution in [-0.2, 0) is 11.8 Å². The molecule has 3 heteroatoms. The van der Waals surface area contributed by atoms with Gasteiger partial charge in [0.05, 0.1) is 6.07 Å². The zero-order valence-electron chi connectivity index (χ0n) is 11.6. The second-order valence-electron chi connectivity index (χ2n) is 5.55. The normalized spacial score (nSPS) is 22.1. The lowest BCUT2D eigenvalue weighted by Crippen LogP contribution is -2.36. The molecule has 2 atom stereocenters. The van der Waals surface area contributed by atoms with E-state index < -0.39 is 11.5 Å². The van der Waals surface area contributed by atoms with Crippen LogP contribution in [0.4, 0.5) is 0 Å². The monoisotopic (exact) mass is 341 g/mol. The lowest BCUT2D eigenvalue weighted by Gasteiger charge is -2.37. The van der Waals surface area contributed by atoms with Crippen LogP contribution in [0.3, 0.4) is 0 Å². The van der Waals surface area contributed by atoms with E-state index in [1.807, 2.05) is 42.5 Å². The van der Waals surface area contributed by atoms with E-state index in [2.05, 4.69) is 28.1 Å². The highest BCUT2D eigenvalue weighted by Gasteiger charge is 2.43. The lowest BCUT2D eigenvalue weighted by molar-refractivity contribution is 0.0996. The number of hydrogen-bond donors (Lipinski definition) is 1. The average Bonchev–Trinajstić information content (AvgIpc) is 2.54. The molecule has 0 spiro atoms. The van der Waals surface area contributed by atoms with E-state index in [0.29, 0.717) is 6.42 Å². The first-order valence-electron chi connectivity index (χ1n) is 7.10. The van der Waals surface area contributed by atoms with Crippen molar-refractivity contribution in [2.45, 2.75) is 30.8 Å². The minimum absolute atomic E-state index is 0.692. The summed E-state index contributed by atoms with van der Waals surface area (Å²) in [5.74, 6) is 0. The van der Waals surface area contributed by atoms with Crippen LogP contribution in [0, 0.1) is 11.3 Å². The van der Waals surface area contributed by atoms with E-state index in [-0.39, 0.29) is 0 Å². The molecule has 2 aromatic carbocycles. The van der Waals surface area contributed by atoms with Gasteiger partial charge in [-0.25, -0.2) is 0 Å². The quantitative estimate of drug-likeness (QED) is 0.885. The molecule has 3 rings (SSSR count). The van der Waals surface area contributed by atoms with Crippen LogP contribution >= 0.6 is 15.9 Å². The number of benzene rings is 2. The van der Waals surface area contributed by atoms with Crippen molar-refractivity contribution in [2.75, 3.05) is 0 Å². The number of hydrogen-bond acceptors (Lipinski definition) is 2. The fraction of sp³-hybridized carbons (Fsp3) is 0.278. The Labute approximate surface area is 133 Å². The Hall–Kier alpha value is -1.63. The zero-order valence-corrected chi connectivity index (χ0v) is 13.2. The molecule has 2 unspecified atom stereocenters. The zero-order chi connectivity index (χ0) is 14.9. The summed E-state index contributed by atoms with van der Waals surface area (Å²) in [6, 6.07) is 18.0. The first-order valence-corrected chi connectivity index (χ1v) is 7.90. The van der Waals surface area contributed by atoms with Gasteiger partial charge in [-0.1, -0.05) is 52.3 Å². The number of halogens is 1. The van der Waals surface area contributed by atoms with Gasteiger partial charge < -0.3 is 5.11 Å². The van der Waals surface area contributed by atoms with Crippen LogP contribution in [0.1, 0.15) is 35.6 Å². The fourth-order valence-corrected chi connectivity index (χ4v) is 3.52. The van der Waals surface area contributed by atoms with Crippen molar-refractivity contribution in [3.63, 3.8) is 0 Å². The Bertz CT molecular complexity index is 689. The molecule has 0 radical (unpaired) electrons. The average molecular weight is 342 g/mol. The molecular formula is C18H16BrNO. The number of rotatable bonds is 2. The molecule has 21 heavy (non-hydrogen) atoms. The fourth-order valence-electron chi connectivity index (χ4n) is 3.26. The minimum Gasteiger partial charge on any atom is -0.386 e. The molecule has 2 nitrogen and oxygen atoms in total. The number of aliphatic hydroxyl groups excluding tert-OH is 1. The summed E-state index contributed by atoms with van der Waals surface area (Å²) in [6.45, 7) is 0. The molecule has 0 heterocycles. The molecule has 1 N–H and O–H groups in total. The minimum atomic E-state index is -0.845. The molecule has 0 aliphatic heterocycles. The highest BCUT2D eigenvalue weighted by molar-refractivity contribution is 9.10. The van der Waals surface area contributed by atoms with Gasteiger partial charge in [-0.05, 0) is 48.1 Å². The van der Waals surface area contributed by atoms with Gasteiger partial charge in [0.1, 0.15) is 11.5 Å². The van der Waals surface area contributed by atoms with Crippen LogP contribution in [0.2, 0.25) is 0 Å². The molecule has 1 aliphatic carbocycles. The summed E-state index contributed by atoms with van der Waals surface area (Å²) in [5, 5.41) is 20.8. The van der Waals surface area contributed by atoms with Crippen LogP contribution in [0.15, 0.2) is 53.0 Å². The maximum absolute atomic E-state index is 10.9. The van der Waals surface area contributed by atoms with Crippen molar-refractivity contribution in [1.82, 2.24) is 0 Å². The Morgan fingerprint density at radius 1 is 1.14 bits per heavy atom. The molecule has 0 fully saturated rings. The molecule has 0 bridgehead atoms. The van der Waals surface area contributed by atoms with Gasteiger partial charge >= 0.3 is 0 Å². The molecular weight excluding hydrogens is 326 g/mol. The number of nitrogens with zero attached hydrogens (tertiary/aromatic N) is 1. The summed E-state index contributed by atoms with van der Waals surface area (Å²) < 4.78 is 0.966. The van der Waals surface area contributed by atoms with Gasteiger partial charge in [0.15, 0.2) is 0 Å². The molecule has 0 saturated heterocycles. The van der Waals surface area contributed by atoms with Gasteiger partial charge in [0.25, 0.3) is 0 Å². The van der Waals surface area contributed by atoms with E-state index in [1.165, 1.54) is 5.56 Å². The molecule has 0 amide bonds. The number of fused-ring (bicyclic) bond motifs is 1. The van der Waals surface area contributed by atoms with Crippen LogP contribution in [0.25, 0.3) is 0 Å². The molecule has 1 aliphatic rings. The van der Waals surface area contributed by atoms with Gasteiger partial charge in [0, 0.05) is 4.47 Å². The summed E-state index contributed by atoms with van der Waals surface area (Å²) in [5.41, 5.74) is 2.11. The van der Waals surface area contributed by atoms with Crippen molar-refractivity contribution in [3.05, 3.63) is 69.7 Å². The van der Waals surface area contributed by atoms with Crippen molar-refractivity contribution >= 4 is 15.9 Å². The third-order valence-electron chi connectivity index (χ3n) is 4.37. The van der Waals surface area contributed by atoms with E-state index in [0.717, 1.165) is 28.4 Å². The van der Waals surface area contributed by atoms with Gasteiger partial charge in [-0.3, -0.25) is 0 Å². The molecule has 2 aromatic rings. The van der Waals surface area contributed by atoms with Crippen LogP contribution < -0.4 is 0 Å². The van der Waals surface area contributed by atoms with E-state index >= 15 is 0 Å². The number of nitriles is 1. The molecule has 106 valence electrons. The second kappa shape index (κ2) is 5.63. The first-order chi connectivity index (χ1) is 10.2. The highest BCUT2D eigenvalue weighted by atomic mass is 79.9. The van der Waals surface area contributed by atoms with E-state index in [4.69, 9.17) is 0 Å². The standard InChI is InChI=1S/C18H16BrNO/c19-15-9-7-14(8-10-15)17(21)18(12-20)11-3-5-13-4-1-2-6-16(13)18/h1-2,4,6-10,17,21H,3,5,11H2. The Morgan fingerprint density at radius 3 is 2.57 bits per heavy atom. The van der Waals surface area contributed by atoms with Crippen molar-refractivity contribution in [1.29, 1.82) is 5.26 Å². The smallest absolute Gasteiger partial charge is 0.112 e. The maximum atomic E-state index is 10.9. The highest BCUT2D eigenvalue weighted by Crippen LogP contribution is 2.45.